The zero-order chi connectivity index (χ0) is 21.4. The average Bonchev–Trinajstić information content (AvgIpc) is 2.83. The van der Waals surface area contributed by atoms with E-state index in [0.717, 1.165) is 33.6 Å². The molecule has 1 aliphatic heterocycles. The number of hydrogen-bond donors (Lipinski definition) is 0. The zero-order valence-electron chi connectivity index (χ0n) is 17.5. The molecule has 0 aliphatic carbocycles. The first-order chi connectivity index (χ1) is 15.1. The Bertz CT molecular complexity index is 1280. The second kappa shape index (κ2) is 7.93. The van der Waals surface area contributed by atoms with Gasteiger partial charge < -0.3 is 13.9 Å². The predicted octanol–water partition coefficient (Wildman–Crippen LogP) is 5.38. The van der Waals surface area contributed by atoms with Crippen LogP contribution < -0.4 is 15.1 Å². The molecular weight excluding hydrogens is 390 g/mol. The molecule has 2 heterocycles. The summed E-state index contributed by atoms with van der Waals surface area (Å²) in [6, 6.07) is 23.7. The topological polar surface area (TPSA) is 51.9 Å². The molecule has 5 nitrogen and oxygen atoms in total. The van der Waals surface area contributed by atoms with Crippen molar-refractivity contribution in [2.24, 2.45) is 0 Å². The highest BCUT2D eigenvalue weighted by Gasteiger charge is 2.26. The number of nitrogens with zero attached hydrogens (tertiary/aromatic N) is 1. The Morgan fingerprint density at radius 3 is 2.52 bits per heavy atom. The van der Waals surface area contributed by atoms with E-state index in [1.54, 1.807) is 13.2 Å². The van der Waals surface area contributed by atoms with E-state index in [-0.39, 0.29) is 11.7 Å². The minimum Gasteiger partial charge on any atom is -0.497 e. The largest absolute Gasteiger partial charge is 0.497 e. The lowest BCUT2D eigenvalue weighted by Gasteiger charge is -2.34. The third-order valence-corrected chi connectivity index (χ3v) is 5.95. The zero-order valence-corrected chi connectivity index (χ0v) is 17.5. The highest BCUT2D eigenvalue weighted by Crippen LogP contribution is 2.38. The molecule has 1 aliphatic rings. The van der Waals surface area contributed by atoms with Crippen molar-refractivity contribution in [3.8, 4) is 22.6 Å². The van der Waals surface area contributed by atoms with Crippen LogP contribution in [0, 0.1) is 0 Å². The fourth-order valence-electron chi connectivity index (χ4n) is 4.15. The lowest BCUT2D eigenvalue weighted by molar-refractivity contribution is 0.0620. The molecule has 1 aromatic heterocycles. The number of ether oxygens (including phenoxy) is 2. The van der Waals surface area contributed by atoms with E-state index in [4.69, 9.17) is 13.9 Å². The van der Waals surface area contributed by atoms with Crippen LogP contribution >= 0.6 is 0 Å². The van der Waals surface area contributed by atoms with Crippen LogP contribution in [0.2, 0.25) is 0 Å². The van der Waals surface area contributed by atoms with Crippen molar-refractivity contribution in [3.63, 3.8) is 0 Å². The van der Waals surface area contributed by atoms with Crippen LogP contribution in [0.5, 0.6) is 11.5 Å². The van der Waals surface area contributed by atoms with Crippen molar-refractivity contribution in [1.82, 2.24) is 4.90 Å². The van der Waals surface area contributed by atoms with Crippen molar-refractivity contribution in [2.75, 3.05) is 13.8 Å². The van der Waals surface area contributed by atoms with Gasteiger partial charge in [0, 0.05) is 24.0 Å². The summed E-state index contributed by atoms with van der Waals surface area (Å²) < 4.78 is 17.0. The van der Waals surface area contributed by atoms with Gasteiger partial charge in [-0.05, 0) is 47.9 Å². The molecule has 0 spiro atoms. The molecule has 4 aromatic rings. The van der Waals surface area contributed by atoms with E-state index in [1.807, 2.05) is 54.6 Å². The standard InChI is InChI=1S/C26H23NO4/c1-17(18-6-4-3-5-7-18)27-15-23-24(30-16-27)13-12-21-22(14-25(28)31-26(21)23)19-8-10-20(29-2)11-9-19/h3-14,17H,15-16H2,1-2H3/t17-/m0/s1. The van der Waals surface area contributed by atoms with Crippen LogP contribution in [-0.2, 0) is 6.54 Å². The summed E-state index contributed by atoms with van der Waals surface area (Å²) in [5, 5.41) is 0.890. The quantitative estimate of drug-likeness (QED) is 0.420. The van der Waals surface area contributed by atoms with E-state index in [1.165, 1.54) is 5.56 Å². The molecular formula is C26H23NO4. The molecule has 0 amide bonds. The second-order valence-electron chi connectivity index (χ2n) is 7.73. The minimum atomic E-state index is -0.375. The molecule has 5 heteroatoms. The van der Waals surface area contributed by atoms with Gasteiger partial charge in [-0.1, -0.05) is 42.5 Å². The first kappa shape index (κ1) is 19.4. The molecule has 0 fully saturated rings. The Labute approximate surface area is 180 Å². The molecule has 0 saturated heterocycles. The monoisotopic (exact) mass is 413 g/mol. The van der Waals surface area contributed by atoms with Gasteiger partial charge >= 0.3 is 5.63 Å². The summed E-state index contributed by atoms with van der Waals surface area (Å²) in [7, 11) is 1.63. The van der Waals surface area contributed by atoms with Gasteiger partial charge in [-0.3, -0.25) is 4.90 Å². The minimum absolute atomic E-state index is 0.168. The fourth-order valence-corrected chi connectivity index (χ4v) is 4.15. The Balaban J connectivity index is 1.59. The molecule has 0 bridgehead atoms. The smallest absolute Gasteiger partial charge is 0.336 e. The molecule has 0 N–H and O–H groups in total. The Morgan fingerprint density at radius 1 is 1.00 bits per heavy atom. The normalized spacial score (nSPS) is 14.6. The van der Waals surface area contributed by atoms with Crippen molar-refractivity contribution in [2.45, 2.75) is 19.5 Å². The van der Waals surface area contributed by atoms with Crippen molar-refractivity contribution >= 4 is 11.0 Å². The van der Waals surface area contributed by atoms with Crippen LogP contribution in [0.15, 0.2) is 82.0 Å². The molecule has 156 valence electrons. The van der Waals surface area contributed by atoms with Gasteiger partial charge in [-0.25, -0.2) is 4.79 Å². The Morgan fingerprint density at radius 2 is 1.77 bits per heavy atom. The maximum atomic E-state index is 12.5. The fraction of sp³-hybridized carbons (Fsp3) is 0.192. The van der Waals surface area contributed by atoms with Crippen LogP contribution in [0.4, 0.5) is 0 Å². The van der Waals surface area contributed by atoms with Gasteiger partial charge in [0.05, 0.1) is 12.7 Å². The molecule has 0 radical (unpaired) electrons. The first-order valence-electron chi connectivity index (χ1n) is 10.3. The Kier molecular flexibility index (Phi) is 4.96. The molecule has 3 aromatic carbocycles. The lowest BCUT2D eigenvalue weighted by atomic mass is 9.98. The van der Waals surface area contributed by atoms with E-state index in [9.17, 15) is 4.79 Å². The van der Waals surface area contributed by atoms with Gasteiger partial charge in [0.15, 0.2) is 0 Å². The maximum Gasteiger partial charge on any atom is 0.336 e. The highest BCUT2D eigenvalue weighted by molar-refractivity contribution is 5.95. The number of methoxy groups -OCH3 is 1. The third kappa shape index (κ3) is 3.57. The van der Waals surface area contributed by atoms with Crippen molar-refractivity contribution in [3.05, 3.63) is 94.3 Å². The van der Waals surface area contributed by atoms with Gasteiger partial charge in [0.25, 0.3) is 0 Å². The van der Waals surface area contributed by atoms with Crippen molar-refractivity contribution < 1.29 is 13.9 Å². The molecule has 0 unspecified atom stereocenters. The van der Waals surface area contributed by atoms with Crippen molar-refractivity contribution in [1.29, 1.82) is 0 Å². The lowest BCUT2D eigenvalue weighted by Crippen LogP contribution is -2.34. The van der Waals surface area contributed by atoms with Crippen LogP contribution in [-0.4, -0.2) is 18.7 Å². The van der Waals surface area contributed by atoms with Gasteiger partial charge in [0.1, 0.15) is 23.8 Å². The molecule has 0 saturated carbocycles. The summed E-state index contributed by atoms with van der Waals surface area (Å²) >= 11 is 0. The molecule has 1 atom stereocenters. The van der Waals surface area contributed by atoms with Gasteiger partial charge in [0.2, 0.25) is 0 Å². The SMILES string of the molecule is COc1ccc(-c2cc(=O)oc3c4c(ccc23)OCN([C@@H](C)c2ccccc2)C4)cc1. The highest BCUT2D eigenvalue weighted by atomic mass is 16.5. The maximum absolute atomic E-state index is 12.5. The van der Waals surface area contributed by atoms with Gasteiger partial charge in [-0.15, -0.1) is 0 Å². The van der Waals surface area contributed by atoms with E-state index in [0.29, 0.717) is 18.9 Å². The summed E-state index contributed by atoms with van der Waals surface area (Å²) in [4.78, 5) is 14.7. The third-order valence-electron chi connectivity index (χ3n) is 5.95. The number of fused-ring (bicyclic) bond motifs is 3. The van der Waals surface area contributed by atoms with Gasteiger partial charge in [-0.2, -0.15) is 0 Å². The number of rotatable bonds is 4. The first-order valence-corrected chi connectivity index (χ1v) is 10.3. The van der Waals surface area contributed by atoms with E-state index >= 15 is 0 Å². The van der Waals surface area contributed by atoms with Crippen LogP contribution in [0.25, 0.3) is 22.1 Å². The van der Waals surface area contributed by atoms with E-state index in [2.05, 4.69) is 24.0 Å². The van der Waals surface area contributed by atoms with E-state index < -0.39 is 0 Å². The average molecular weight is 413 g/mol. The second-order valence-corrected chi connectivity index (χ2v) is 7.73. The van der Waals surface area contributed by atoms with Crippen LogP contribution in [0.3, 0.4) is 0 Å². The summed E-state index contributed by atoms with van der Waals surface area (Å²) in [6.45, 7) is 3.28. The summed E-state index contributed by atoms with van der Waals surface area (Å²) in [6.07, 6.45) is 0. The molecule has 31 heavy (non-hydrogen) atoms. The Hall–Kier alpha value is -3.57. The van der Waals surface area contributed by atoms with Crippen LogP contribution in [0.1, 0.15) is 24.1 Å². The number of benzene rings is 3. The predicted molar refractivity (Wildman–Crippen MR) is 120 cm³/mol. The summed E-state index contributed by atoms with van der Waals surface area (Å²) in [5.41, 5.74) is 4.10. The summed E-state index contributed by atoms with van der Waals surface area (Å²) in [5.74, 6) is 1.53. The molecule has 5 rings (SSSR count). The number of hydrogen-bond acceptors (Lipinski definition) is 5.